The highest BCUT2D eigenvalue weighted by Crippen LogP contribution is 2.20. The summed E-state index contributed by atoms with van der Waals surface area (Å²) in [5.74, 6) is 0.395. The molecule has 0 unspecified atom stereocenters. The number of rotatable bonds is 1. The van der Waals surface area contributed by atoms with Crippen molar-refractivity contribution in [3.63, 3.8) is 0 Å². The summed E-state index contributed by atoms with van der Waals surface area (Å²) in [6.07, 6.45) is 1.77. The number of nitrogens with zero attached hydrogens (tertiary/aromatic N) is 2. The van der Waals surface area contributed by atoms with Crippen LogP contribution in [0.25, 0.3) is 10.9 Å². The van der Waals surface area contributed by atoms with Crippen molar-refractivity contribution in [3.8, 4) is 0 Å². The molecule has 4 heteroatoms. The number of aliphatic imine (C=N–C) groups is 1. The number of nitrogens with one attached hydrogen (secondary N) is 1. The van der Waals surface area contributed by atoms with Crippen molar-refractivity contribution in [2.75, 3.05) is 12.4 Å². The van der Waals surface area contributed by atoms with E-state index in [1.807, 2.05) is 30.3 Å². The van der Waals surface area contributed by atoms with Crippen molar-refractivity contribution in [2.24, 2.45) is 10.7 Å². The zero-order valence-electron chi connectivity index (χ0n) is 8.44. The first kappa shape index (κ1) is 9.45. The van der Waals surface area contributed by atoms with E-state index in [2.05, 4.69) is 15.3 Å². The summed E-state index contributed by atoms with van der Waals surface area (Å²) in [7, 11) is 1.64. The Morgan fingerprint density at radius 3 is 3.00 bits per heavy atom. The molecule has 4 nitrogen and oxygen atoms in total. The predicted octanol–water partition coefficient (Wildman–Crippen LogP) is 1.59. The molecule has 0 aliphatic rings. The van der Waals surface area contributed by atoms with Gasteiger partial charge in [0.05, 0.1) is 11.2 Å². The SMILES string of the molecule is CN=C(N)Nc1cccc2ncccc12. The van der Waals surface area contributed by atoms with E-state index in [9.17, 15) is 0 Å². The van der Waals surface area contributed by atoms with E-state index in [1.54, 1.807) is 13.2 Å². The summed E-state index contributed by atoms with van der Waals surface area (Å²) in [5, 5.41) is 4.06. The Morgan fingerprint density at radius 1 is 1.33 bits per heavy atom. The molecule has 0 fully saturated rings. The third-order valence-electron chi connectivity index (χ3n) is 2.15. The van der Waals surface area contributed by atoms with Gasteiger partial charge in [-0.05, 0) is 24.3 Å². The number of hydrogen-bond donors (Lipinski definition) is 2. The zero-order chi connectivity index (χ0) is 10.7. The maximum atomic E-state index is 5.61. The first-order valence-electron chi connectivity index (χ1n) is 4.64. The van der Waals surface area contributed by atoms with Crippen LogP contribution in [0.5, 0.6) is 0 Å². The van der Waals surface area contributed by atoms with Gasteiger partial charge in [-0.15, -0.1) is 0 Å². The standard InChI is InChI=1S/C11H12N4/c1-13-11(12)15-10-6-2-5-9-8(10)4-3-7-14-9/h2-7H,1H3,(H3,12,13,15). The van der Waals surface area contributed by atoms with Crippen molar-refractivity contribution in [1.82, 2.24) is 4.98 Å². The molecule has 0 atom stereocenters. The molecule has 1 heterocycles. The minimum Gasteiger partial charge on any atom is -0.370 e. The Hall–Kier alpha value is -2.10. The van der Waals surface area contributed by atoms with Crippen molar-refractivity contribution in [3.05, 3.63) is 36.5 Å². The van der Waals surface area contributed by atoms with Gasteiger partial charge in [0.25, 0.3) is 0 Å². The van der Waals surface area contributed by atoms with E-state index >= 15 is 0 Å². The van der Waals surface area contributed by atoms with Gasteiger partial charge < -0.3 is 11.1 Å². The highest BCUT2D eigenvalue weighted by Gasteiger charge is 2.00. The molecule has 3 N–H and O–H groups in total. The van der Waals surface area contributed by atoms with Crippen LogP contribution in [0.15, 0.2) is 41.5 Å². The van der Waals surface area contributed by atoms with Gasteiger partial charge in [-0.1, -0.05) is 6.07 Å². The molecule has 1 aromatic heterocycles. The second kappa shape index (κ2) is 3.96. The van der Waals surface area contributed by atoms with Gasteiger partial charge in [-0.3, -0.25) is 9.98 Å². The number of benzene rings is 1. The monoisotopic (exact) mass is 200 g/mol. The molecule has 0 saturated carbocycles. The van der Waals surface area contributed by atoms with E-state index in [1.165, 1.54) is 0 Å². The van der Waals surface area contributed by atoms with E-state index in [-0.39, 0.29) is 0 Å². The van der Waals surface area contributed by atoms with Gasteiger partial charge in [-0.2, -0.15) is 0 Å². The van der Waals surface area contributed by atoms with Gasteiger partial charge in [0.15, 0.2) is 5.96 Å². The van der Waals surface area contributed by atoms with Crippen LogP contribution >= 0.6 is 0 Å². The summed E-state index contributed by atoms with van der Waals surface area (Å²) in [6.45, 7) is 0. The van der Waals surface area contributed by atoms with Crippen LogP contribution < -0.4 is 11.1 Å². The van der Waals surface area contributed by atoms with Gasteiger partial charge in [-0.25, -0.2) is 0 Å². The molecule has 0 aliphatic heterocycles. The average molecular weight is 200 g/mol. The number of pyridine rings is 1. The Kier molecular flexibility index (Phi) is 2.49. The molecular formula is C11H12N4. The number of nitrogens with two attached hydrogens (primary N) is 1. The van der Waals surface area contributed by atoms with E-state index < -0.39 is 0 Å². The van der Waals surface area contributed by atoms with E-state index in [0.29, 0.717) is 5.96 Å². The van der Waals surface area contributed by atoms with Crippen LogP contribution in [0.3, 0.4) is 0 Å². The van der Waals surface area contributed by atoms with Gasteiger partial charge in [0.2, 0.25) is 0 Å². The minimum absolute atomic E-state index is 0.395. The van der Waals surface area contributed by atoms with Gasteiger partial charge >= 0.3 is 0 Å². The van der Waals surface area contributed by atoms with Crippen molar-refractivity contribution >= 4 is 22.5 Å². The molecule has 0 bridgehead atoms. The second-order valence-electron chi connectivity index (χ2n) is 3.11. The van der Waals surface area contributed by atoms with Crippen molar-refractivity contribution < 1.29 is 0 Å². The summed E-state index contributed by atoms with van der Waals surface area (Å²) < 4.78 is 0. The number of fused-ring (bicyclic) bond motifs is 1. The van der Waals surface area contributed by atoms with Gasteiger partial charge in [0, 0.05) is 18.6 Å². The molecule has 0 saturated heterocycles. The lowest BCUT2D eigenvalue weighted by atomic mass is 10.2. The fraction of sp³-hybridized carbons (Fsp3) is 0.0909. The lowest BCUT2D eigenvalue weighted by Crippen LogP contribution is -2.22. The number of aromatic nitrogens is 1. The Bertz CT molecular complexity index is 499. The van der Waals surface area contributed by atoms with Crippen LogP contribution in [0.4, 0.5) is 5.69 Å². The number of anilines is 1. The van der Waals surface area contributed by atoms with Crippen molar-refractivity contribution in [2.45, 2.75) is 0 Å². The third-order valence-corrected chi connectivity index (χ3v) is 2.15. The van der Waals surface area contributed by atoms with E-state index in [0.717, 1.165) is 16.6 Å². The molecule has 76 valence electrons. The van der Waals surface area contributed by atoms with Crippen molar-refractivity contribution in [1.29, 1.82) is 0 Å². The number of hydrogen-bond acceptors (Lipinski definition) is 2. The normalized spacial score (nSPS) is 11.7. The molecule has 2 aromatic rings. The molecule has 0 aliphatic carbocycles. The summed E-state index contributed by atoms with van der Waals surface area (Å²) in [4.78, 5) is 8.11. The molecule has 0 radical (unpaired) electrons. The van der Waals surface area contributed by atoms with Crippen LogP contribution in [-0.2, 0) is 0 Å². The Morgan fingerprint density at radius 2 is 2.20 bits per heavy atom. The lowest BCUT2D eigenvalue weighted by Gasteiger charge is -2.07. The van der Waals surface area contributed by atoms with Crippen LogP contribution in [-0.4, -0.2) is 18.0 Å². The molecule has 2 rings (SSSR count). The van der Waals surface area contributed by atoms with E-state index in [4.69, 9.17) is 5.73 Å². The summed E-state index contributed by atoms with van der Waals surface area (Å²) >= 11 is 0. The maximum absolute atomic E-state index is 5.61. The zero-order valence-corrected chi connectivity index (χ0v) is 8.44. The summed E-state index contributed by atoms with van der Waals surface area (Å²) in [5.41, 5.74) is 7.47. The Labute approximate surface area is 87.8 Å². The Balaban J connectivity index is 2.51. The second-order valence-corrected chi connectivity index (χ2v) is 3.11. The first-order chi connectivity index (χ1) is 7.31. The minimum atomic E-state index is 0.395. The topological polar surface area (TPSA) is 63.3 Å². The maximum Gasteiger partial charge on any atom is 0.192 e. The quantitative estimate of drug-likeness (QED) is 0.542. The first-order valence-corrected chi connectivity index (χ1v) is 4.64. The third kappa shape index (κ3) is 1.88. The van der Waals surface area contributed by atoms with Crippen LogP contribution in [0.2, 0.25) is 0 Å². The van der Waals surface area contributed by atoms with Gasteiger partial charge in [0.1, 0.15) is 0 Å². The van der Waals surface area contributed by atoms with Crippen LogP contribution in [0.1, 0.15) is 0 Å². The highest BCUT2D eigenvalue weighted by molar-refractivity contribution is 6.01. The summed E-state index contributed by atoms with van der Waals surface area (Å²) in [6, 6.07) is 9.73. The fourth-order valence-electron chi connectivity index (χ4n) is 1.41. The largest absolute Gasteiger partial charge is 0.370 e. The molecule has 15 heavy (non-hydrogen) atoms. The number of guanidine groups is 1. The highest BCUT2D eigenvalue weighted by atomic mass is 15.1. The smallest absolute Gasteiger partial charge is 0.192 e. The molecule has 0 amide bonds. The predicted molar refractivity (Wildman–Crippen MR) is 62.9 cm³/mol. The average Bonchev–Trinajstić information content (AvgIpc) is 2.29. The fourth-order valence-corrected chi connectivity index (χ4v) is 1.41. The molecule has 1 aromatic carbocycles. The molecular weight excluding hydrogens is 188 g/mol. The lowest BCUT2D eigenvalue weighted by molar-refractivity contribution is 1.38. The van der Waals surface area contributed by atoms with Crippen LogP contribution in [0, 0.1) is 0 Å². The molecule has 0 spiro atoms.